The number of amides is 2. The van der Waals surface area contributed by atoms with Gasteiger partial charge in [0.25, 0.3) is 11.8 Å². The SMILES string of the molecule is Cc1cc(NC(=O)c2cc3ccccc3c(N=Nc3ccc(Cl)c(Cl)c3)c2O)c(C)cc1NC(=O)c1cc2ccccc2c(N=Nc2ccc(Cl)c(Cl)c2)c1O. The van der Waals surface area contributed by atoms with Gasteiger partial charge in [-0.25, -0.2) is 0 Å². The van der Waals surface area contributed by atoms with Crippen LogP contribution < -0.4 is 10.6 Å². The summed E-state index contributed by atoms with van der Waals surface area (Å²) < 4.78 is 0. The molecule has 7 aromatic rings. The third-order valence-corrected chi connectivity index (χ3v) is 10.4. The molecule has 10 nitrogen and oxygen atoms in total. The number of benzene rings is 7. The molecular formula is C42H28Cl4N6O4. The average Bonchev–Trinajstić information content (AvgIpc) is 3.18. The number of phenols is 2. The molecule has 0 spiro atoms. The average molecular weight is 823 g/mol. The van der Waals surface area contributed by atoms with Gasteiger partial charge in [0.2, 0.25) is 0 Å². The van der Waals surface area contributed by atoms with Gasteiger partial charge in [-0.15, -0.1) is 10.2 Å². The minimum absolute atomic E-state index is 0.0277. The number of hydrogen-bond donors (Lipinski definition) is 4. The first-order valence-corrected chi connectivity index (χ1v) is 18.4. The van der Waals surface area contributed by atoms with Gasteiger partial charge in [-0.3, -0.25) is 9.59 Å². The van der Waals surface area contributed by atoms with Crippen molar-refractivity contribution in [2.45, 2.75) is 13.8 Å². The Morgan fingerprint density at radius 3 is 1.29 bits per heavy atom. The summed E-state index contributed by atoms with van der Waals surface area (Å²) in [5, 5.41) is 49.3. The van der Waals surface area contributed by atoms with E-state index in [1.807, 2.05) is 12.1 Å². The lowest BCUT2D eigenvalue weighted by Crippen LogP contribution is -2.15. The number of aryl methyl sites for hydroxylation is 2. The van der Waals surface area contributed by atoms with Gasteiger partial charge in [0.05, 0.1) is 42.6 Å². The molecule has 14 heteroatoms. The molecular weight excluding hydrogens is 794 g/mol. The predicted octanol–water partition coefficient (Wildman–Crippen LogP) is 14.0. The van der Waals surface area contributed by atoms with Crippen molar-refractivity contribution < 1.29 is 19.8 Å². The number of anilines is 2. The Morgan fingerprint density at radius 1 is 0.500 bits per heavy atom. The number of phenolic OH excluding ortho intramolecular Hbond substituents is 2. The van der Waals surface area contributed by atoms with Crippen molar-refractivity contribution in [3.63, 3.8) is 0 Å². The Labute approximate surface area is 340 Å². The van der Waals surface area contributed by atoms with E-state index in [0.717, 1.165) is 0 Å². The van der Waals surface area contributed by atoms with Gasteiger partial charge in [-0.05, 0) is 96.4 Å². The largest absolute Gasteiger partial charge is 0.505 e. The number of hydrogen-bond acceptors (Lipinski definition) is 8. The maximum atomic E-state index is 13.7. The third-order valence-electron chi connectivity index (χ3n) is 8.88. The fourth-order valence-corrected chi connectivity index (χ4v) is 6.54. The molecule has 0 radical (unpaired) electrons. The van der Waals surface area contributed by atoms with Gasteiger partial charge in [-0.2, -0.15) is 10.2 Å². The Morgan fingerprint density at radius 2 is 0.893 bits per heavy atom. The highest BCUT2D eigenvalue weighted by molar-refractivity contribution is 6.42. The molecule has 0 fully saturated rings. The summed E-state index contributed by atoms with van der Waals surface area (Å²) >= 11 is 24.3. The number of carbonyl (C=O) groups excluding carboxylic acids is 2. The summed E-state index contributed by atoms with van der Waals surface area (Å²) in [5.74, 6) is -1.92. The number of carbonyl (C=O) groups is 2. The van der Waals surface area contributed by atoms with Crippen LogP contribution in [-0.4, -0.2) is 22.0 Å². The summed E-state index contributed by atoms with van der Waals surface area (Å²) in [7, 11) is 0. The molecule has 278 valence electrons. The van der Waals surface area contributed by atoms with E-state index in [2.05, 4.69) is 31.1 Å². The van der Waals surface area contributed by atoms with Crippen molar-refractivity contribution in [2.24, 2.45) is 20.5 Å². The number of azo groups is 2. The highest BCUT2D eigenvalue weighted by Gasteiger charge is 2.22. The number of fused-ring (bicyclic) bond motifs is 2. The van der Waals surface area contributed by atoms with E-state index in [-0.39, 0.29) is 34.0 Å². The molecule has 0 bridgehead atoms. The molecule has 7 aromatic carbocycles. The highest BCUT2D eigenvalue weighted by Crippen LogP contribution is 2.42. The first kappa shape index (κ1) is 38.2. The summed E-state index contributed by atoms with van der Waals surface area (Å²) in [6.07, 6.45) is 0. The molecule has 7 rings (SSSR count). The topological polar surface area (TPSA) is 148 Å². The van der Waals surface area contributed by atoms with Crippen molar-refractivity contribution in [3.8, 4) is 11.5 Å². The molecule has 0 aliphatic heterocycles. The lowest BCUT2D eigenvalue weighted by molar-refractivity contribution is 0.101. The van der Waals surface area contributed by atoms with Crippen LogP contribution in [0, 0.1) is 13.8 Å². The number of nitrogens with one attached hydrogen (secondary N) is 2. The molecule has 2 amide bonds. The van der Waals surface area contributed by atoms with Crippen LogP contribution in [-0.2, 0) is 0 Å². The quantitative estimate of drug-likeness (QED) is 0.113. The van der Waals surface area contributed by atoms with Gasteiger partial charge >= 0.3 is 0 Å². The molecule has 0 saturated carbocycles. The fraction of sp³-hybridized carbons (Fsp3) is 0.0476. The highest BCUT2D eigenvalue weighted by atomic mass is 35.5. The molecule has 0 atom stereocenters. The van der Waals surface area contributed by atoms with Crippen molar-refractivity contribution in [1.82, 2.24) is 0 Å². The first-order chi connectivity index (χ1) is 26.9. The van der Waals surface area contributed by atoms with Crippen molar-refractivity contribution >= 4 is 114 Å². The smallest absolute Gasteiger partial charge is 0.259 e. The van der Waals surface area contributed by atoms with Crippen LogP contribution in [0.25, 0.3) is 21.5 Å². The molecule has 0 heterocycles. The molecule has 0 aromatic heterocycles. The second-order valence-corrected chi connectivity index (χ2v) is 14.3. The van der Waals surface area contributed by atoms with Crippen LogP contribution in [0.2, 0.25) is 20.1 Å². The van der Waals surface area contributed by atoms with Crippen LogP contribution in [0.4, 0.5) is 34.1 Å². The van der Waals surface area contributed by atoms with E-state index >= 15 is 0 Å². The molecule has 4 N–H and O–H groups in total. The number of nitrogens with zero attached hydrogens (tertiary/aromatic N) is 4. The monoisotopic (exact) mass is 820 g/mol. The van der Waals surface area contributed by atoms with Gasteiger partial charge in [0.15, 0.2) is 11.5 Å². The summed E-state index contributed by atoms with van der Waals surface area (Å²) in [6.45, 7) is 3.52. The standard InChI is InChI=1S/C42H28Cl4N6O4/c1-21-15-36(48-42(56)30-18-24-8-4-6-10-28(24)38(40(30)54)52-50-26-12-14-32(44)34(46)20-26)22(2)16-35(21)47-41(55)29-17-23-7-3-5-9-27(23)37(39(29)53)51-49-25-11-13-31(43)33(45)19-25/h3-20,53-54H,1-2H3,(H,47,55)(H,48,56). The molecule has 0 aliphatic carbocycles. The van der Waals surface area contributed by atoms with E-state index in [4.69, 9.17) is 46.4 Å². The van der Waals surface area contributed by atoms with Gasteiger partial charge in [0, 0.05) is 22.1 Å². The van der Waals surface area contributed by atoms with Crippen molar-refractivity contribution in [3.05, 3.63) is 152 Å². The maximum Gasteiger partial charge on any atom is 0.259 e. The Kier molecular flexibility index (Phi) is 10.9. The summed E-state index contributed by atoms with van der Waals surface area (Å²) in [6, 6.07) is 30.3. The lowest BCUT2D eigenvalue weighted by Gasteiger charge is -2.16. The van der Waals surface area contributed by atoms with Gasteiger partial charge in [-0.1, -0.05) is 94.9 Å². The zero-order chi connectivity index (χ0) is 39.7. The first-order valence-electron chi connectivity index (χ1n) is 16.8. The number of rotatable bonds is 8. The molecule has 0 saturated heterocycles. The van der Waals surface area contributed by atoms with Crippen LogP contribution in [0.3, 0.4) is 0 Å². The Balaban J connectivity index is 1.16. The lowest BCUT2D eigenvalue weighted by atomic mass is 10.0. The number of aromatic hydroxyl groups is 2. The van der Waals surface area contributed by atoms with E-state index in [0.29, 0.717) is 75.5 Å². The number of halogens is 4. The Bertz CT molecular complexity index is 2620. The van der Waals surface area contributed by atoms with Crippen LogP contribution in [0.1, 0.15) is 31.8 Å². The van der Waals surface area contributed by atoms with E-state index < -0.39 is 11.8 Å². The van der Waals surface area contributed by atoms with Crippen molar-refractivity contribution in [1.29, 1.82) is 0 Å². The summed E-state index contributed by atoms with van der Waals surface area (Å²) in [4.78, 5) is 27.5. The molecule has 0 aliphatic rings. The minimum atomic E-state index is -0.595. The van der Waals surface area contributed by atoms with Crippen LogP contribution in [0.5, 0.6) is 11.5 Å². The van der Waals surface area contributed by atoms with E-state index in [1.54, 1.807) is 98.8 Å². The third kappa shape index (κ3) is 7.87. The zero-order valence-corrected chi connectivity index (χ0v) is 32.4. The molecule has 56 heavy (non-hydrogen) atoms. The van der Waals surface area contributed by atoms with Gasteiger partial charge in [0.1, 0.15) is 11.4 Å². The van der Waals surface area contributed by atoms with E-state index in [1.165, 1.54) is 12.1 Å². The zero-order valence-electron chi connectivity index (χ0n) is 29.4. The minimum Gasteiger partial charge on any atom is -0.505 e. The van der Waals surface area contributed by atoms with Gasteiger partial charge < -0.3 is 20.8 Å². The maximum absolute atomic E-state index is 13.7. The summed E-state index contributed by atoms with van der Waals surface area (Å²) in [5.41, 5.74) is 3.04. The second-order valence-electron chi connectivity index (χ2n) is 12.7. The van der Waals surface area contributed by atoms with Crippen LogP contribution in [0.15, 0.2) is 130 Å². The fourth-order valence-electron chi connectivity index (χ4n) is 5.96. The van der Waals surface area contributed by atoms with Crippen molar-refractivity contribution in [2.75, 3.05) is 10.6 Å². The predicted molar refractivity (Wildman–Crippen MR) is 224 cm³/mol. The van der Waals surface area contributed by atoms with Crippen LogP contribution >= 0.6 is 46.4 Å². The normalized spacial score (nSPS) is 11.5. The Hall–Kier alpha value is -6.04. The molecule has 0 unspecified atom stereocenters. The van der Waals surface area contributed by atoms with E-state index in [9.17, 15) is 19.8 Å². The second kappa shape index (κ2) is 16.0.